The van der Waals surface area contributed by atoms with Crippen molar-refractivity contribution >= 4 is 22.6 Å². The molecule has 122 valence electrons. The summed E-state index contributed by atoms with van der Waals surface area (Å²) in [5, 5.41) is 2.90. The van der Waals surface area contributed by atoms with Gasteiger partial charge >= 0.3 is 0 Å². The number of hydrogen-bond donors (Lipinski definition) is 2. The summed E-state index contributed by atoms with van der Waals surface area (Å²) in [5.74, 6) is 1.35. The van der Waals surface area contributed by atoms with E-state index in [4.69, 9.17) is 9.47 Å². The molecule has 2 N–H and O–H groups in total. The molecule has 0 atom stereocenters. The normalized spacial score (nSPS) is 13.0. The summed E-state index contributed by atoms with van der Waals surface area (Å²) in [6, 6.07) is 11.4. The Hall–Kier alpha value is -3.02. The van der Waals surface area contributed by atoms with E-state index < -0.39 is 0 Å². The maximum atomic E-state index is 12.2. The van der Waals surface area contributed by atoms with Crippen molar-refractivity contribution in [2.75, 3.05) is 18.5 Å². The summed E-state index contributed by atoms with van der Waals surface area (Å²) in [5.41, 5.74) is 3.73. The lowest BCUT2D eigenvalue weighted by Crippen LogP contribution is -2.16. The van der Waals surface area contributed by atoms with Crippen molar-refractivity contribution in [3.63, 3.8) is 0 Å². The van der Waals surface area contributed by atoms with Crippen molar-refractivity contribution in [2.45, 2.75) is 12.8 Å². The number of H-pyrrole nitrogens is 1. The number of rotatable bonds is 4. The molecule has 1 aliphatic heterocycles. The van der Waals surface area contributed by atoms with Crippen molar-refractivity contribution in [3.05, 3.63) is 48.3 Å². The zero-order valence-corrected chi connectivity index (χ0v) is 13.0. The number of imidazole rings is 1. The first-order chi connectivity index (χ1) is 11.8. The summed E-state index contributed by atoms with van der Waals surface area (Å²) >= 11 is 0. The Bertz CT molecular complexity index is 888. The van der Waals surface area contributed by atoms with Crippen LogP contribution in [0.25, 0.3) is 11.0 Å². The highest BCUT2D eigenvalue weighted by molar-refractivity contribution is 5.91. The van der Waals surface area contributed by atoms with Gasteiger partial charge in [-0.1, -0.05) is 6.07 Å². The molecule has 0 saturated carbocycles. The molecule has 0 spiro atoms. The van der Waals surface area contributed by atoms with E-state index in [2.05, 4.69) is 15.3 Å². The third-order valence-corrected chi connectivity index (χ3v) is 3.95. The Morgan fingerprint density at radius 2 is 2.00 bits per heavy atom. The number of amides is 1. The van der Waals surface area contributed by atoms with Gasteiger partial charge in [-0.3, -0.25) is 4.79 Å². The molecule has 0 radical (unpaired) electrons. The van der Waals surface area contributed by atoms with Crippen molar-refractivity contribution in [2.24, 2.45) is 0 Å². The molecule has 1 aliphatic rings. The Morgan fingerprint density at radius 1 is 1.12 bits per heavy atom. The summed E-state index contributed by atoms with van der Waals surface area (Å²) in [7, 11) is 0. The molecular weight excluding hydrogens is 306 g/mol. The summed E-state index contributed by atoms with van der Waals surface area (Å²) in [6.07, 6.45) is 2.75. The molecule has 2 heterocycles. The monoisotopic (exact) mass is 323 g/mol. The van der Waals surface area contributed by atoms with Crippen LogP contribution in [-0.4, -0.2) is 29.1 Å². The second-order valence-corrected chi connectivity index (χ2v) is 5.66. The molecule has 2 aromatic carbocycles. The third-order valence-electron chi connectivity index (χ3n) is 3.95. The van der Waals surface area contributed by atoms with Gasteiger partial charge in [0.15, 0.2) is 11.5 Å². The number of hydrogen-bond acceptors (Lipinski definition) is 4. The van der Waals surface area contributed by atoms with Gasteiger partial charge in [0.1, 0.15) is 13.2 Å². The standard InChI is InChI=1S/C18H17N3O3/c22-18(6-2-12-1-4-14-15(9-12)20-11-19-14)21-13-3-5-16-17(10-13)24-8-7-23-16/h1,3-5,9-11H,2,6-8H2,(H,19,20)(H,21,22). The molecule has 6 heteroatoms. The first kappa shape index (κ1) is 14.6. The minimum Gasteiger partial charge on any atom is -0.486 e. The number of nitrogens with zero attached hydrogens (tertiary/aromatic N) is 1. The number of aromatic amines is 1. The number of benzene rings is 2. The van der Waals surface area contributed by atoms with E-state index in [9.17, 15) is 4.79 Å². The Balaban J connectivity index is 1.37. The molecule has 0 saturated heterocycles. The number of nitrogens with one attached hydrogen (secondary N) is 2. The minimum absolute atomic E-state index is 0.0311. The maximum absolute atomic E-state index is 12.2. The predicted molar refractivity (Wildman–Crippen MR) is 90.5 cm³/mol. The van der Waals surface area contributed by atoms with Gasteiger partial charge in [-0.25, -0.2) is 4.98 Å². The predicted octanol–water partition coefficient (Wildman–Crippen LogP) is 2.91. The molecule has 0 bridgehead atoms. The molecule has 4 rings (SSSR count). The van der Waals surface area contributed by atoms with Crippen LogP contribution in [0.2, 0.25) is 0 Å². The third kappa shape index (κ3) is 3.03. The number of carbonyl (C=O) groups is 1. The topological polar surface area (TPSA) is 76.2 Å². The fourth-order valence-electron chi connectivity index (χ4n) is 2.74. The van der Waals surface area contributed by atoms with Gasteiger partial charge in [0.25, 0.3) is 0 Å². The van der Waals surface area contributed by atoms with E-state index in [0.29, 0.717) is 43.2 Å². The van der Waals surface area contributed by atoms with Crippen LogP contribution in [-0.2, 0) is 11.2 Å². The number of aryl methyl sites for hydroxylation is 1. The van der Waals surface area contributed by atoms with Gasteiger partial charge in [-0.2, -0.15) is 0 Å². The number of aromatic nitrogens is 2. The fourth-order valence-corrected chi connectivity index (χ4v) is 2.74. The lowest BCUT2D eigenvalue weighted by Gasteiger charge is -2.19. The second-order valence-electron chi connectivity index (χ2n) is 5.66. The van der Waals surface area contributed by atoms with E-state index in [-0.39, 0.29) is 5.91 Å². The van der Waals surface area contributed by atoms with Crippen LogP contribution in [0.3, 0.4) is 0 Å². The minimum atomic E-state index is -0.0311. The van der Waals surface area contributed by atoms with Crippen LogP contribution in [0.5, 0.6) is 11.5 Å². The van der Waals surface area contributed by atoms with Crippen LogP contribution >= 0.6 is 0 Å². The molecular formula is C18H17N3O3. The summed E-state index contributed by atoms with van der Waals surface area (Å²) in [4.78, 5) is 19.4. The Morgan fingerprint density at radius 3 is 2.92 bits per heavy atom. The molecule has 0 aliphatic carbocycles. The molecule has 6 nitrogen and oxygen atoms in total. The van der Waals surface area contributed by atoms with Crippen LogP contribution in [0.4, 0.5) is 5.69 Å². The van der Waals surface area contributed by atoms with Crippen LogP contribution in [0, 0.1) is 0 Å². The zero-order chi connectivity index (χ0) is 16.4. The first-order valence-corrected chi connectivity index (χ1v) is 7.89. The van der Waals surface area contributed by atoms with E-state index in [1.165, 1.54) is 0 Å². The van der Waals surface area contributed by atoms with Gasteiger partial charge in [0.05, 0.1) is 17.4 Å². The van der Waals surface area contributed by atoms with Gasteiger partial charge in [-0.15, -0.1) is 0 Å². The average molecular weight is 323 g/mol. The average Bonchev–Trinajstić information content (AvgIpc) is 3.07. The molecule has 1 aromatic heterocycles. The quantitative estimate of drug-likeness (QED) is 0.774. The second kappa shape index (κ2) is 6.23. The number of carbonyl (C=O) groups excluding carboxylic acids is 1. The summed E-state index contributed by atoms with van der Waals surface area (Å²) in [6.45, 7) is 1.08. The first-order valence-electron chi connectivity index (χ1n) is 7.89. The van der Waals surface area contributed by atoms with E-state index in [0.717, 1.165) is 16.6 Å². The van der Waals surface area contributed by atoms with Gasteiger partial charge in [0.2, 0.25) is 5.91 Å². The van der Waals surface area contributed by atoms with Crippen molar-refractivity contribution in [1.29, 1.82) is 0 Å². The molecule has 1 amide bonds. The number of ether oxygens (including phenoxy) is 2. The maximum Gasteiger partial charge on any atom is 0.224 e. The molecule has 24 heavy (non-hydrogen) atoms. The number of anilines is 1. The number of fused-ring (bicyclic) bond motifs is 2. The molecule has 0 fully saturated rings. The van der Waals surface area contributed by atoms with E-state index in [1.807, 2.05) is 30.3 Å². The highest BCUT2D eigenvalue weighted by atomic mass is 16.6. The van der Waals surface area contributed by atoms with Crippen LogP contribution < -0.4 is 14.8 Å². The van der Waals surface area contributed by atoms with Gasteiger partial charge in [-0.05, 0) is 36.2 Å². The van der Waals surface area contributed by atoms with Crippen molar-refractivity contribution in [3.8, 4) is 11.5 Å². The molecule has 3 aromatic rings. The lowest BCUT2D eigenvalue weighted by atomic mass is 10.1. The highest BCUT2D eigenvalue weighted by Gasteiger charge is 2.12. The van der Waals surface area contributed by atoms with Gasteiger partial charge < -0.3 is 19.8 Å². The van der Waals surface area contributed by atoms with Crippen molar-refractivity contribution < 1.29 is 14.3 Å². The van der Waals surface area contributed by atoms with Crippen molar-refractivity contribution in [1.82, 2.24) is 9.97 Å². The van der Waals surface area contributed by atoms with Gasteiger partial charge in [0, 0.05) is 18.2 Å². The lowest BCUT2D eigenvalue weighted by molar-refractivity contribution is -0.116. The fraction of sp³-hybridized carbons (Fsp3) is 0.222. The SMILES string of the molecule is O=C(CCc1ccc2nc[nH]c2c1)Nc1ccc2c(c1)OCCO2. The smallest absolute Gasteiger partial charge is 0.224 e. The van der Waals surface area contributed by atoms with E-state index >= 15 is 0 Å². The largest absolute Gasteiger partial charge is 0.486 e. The van der Waals surface area contributed by atoms with Crippen LogP contribution in [0.1, 0.15) is 12.0 Å². The van der Waals surface area contributed by atoms with Crippen LogP contribution in [0.15, 0.2) is 42.7 Å². The van der Waals surface area contributed by atoms with E-state index in [1.54, 1.807) is 12.4 Å². The Kier molecular flexibility index (Phi) is 3.78. The molecule has 0 unspecified atom stereocenters. The highest BCUT2D eigenvalue weighted by Crippen LogP contribution is 2.32. The Labute approximate surface area is 138 Å². The summed E-state index contributed by atoms with van der Waals surface area (Å²) < 4.78 is 11.0. The zero-order valence-electron chi connectivity index (χ0n) is 13.0.